The fraction of sp³-hybridized carbons (Fsp3) is 0.400. The number of carbonyl (C=O) groups is 2. The van der Waals surface area contributed by atoms with Crippen molar-refractivity contribution in [3.63, 3.8) is 0 Å². The van der Waals surface area contributed by atoms with E-state index >= 15 is 0 Å². The normalized spacial score (nSPS) is 35.2. The van der Waals surface area contributed by atoms with E-state index in [4.69, 9.17) is 4.74 Å². The minimum absolute atomic E-state index is 0.130. The molecule has 2 fully saturated rings. The summed E-state index contributed by atoms with van der Waals surface area (Å²) in [6.07, 6.45) is 3.80. The monoisotopic (exact) mass is 339 g/mol. The van der Waals surface area contributed by atoms with Crippen LogP contribution in [0.4, 0.5) is 0 Å². The van der Waals surface area contributed by atoms with E-state index in [1.807, 2.05) is 43.3 Å². The van der Waals surface area contributed by atoms with Crippen LogP contribution in [0, 0.1) is 11.8 Å². The number of nitrogens with zero attached hydrogens (tertiary/aromatic N) is 1. The van der Waals surface area contributed by atoms with Crippen molar-refractivity contribution in [3.05, 3.63) is 60.2 Å². The summed E-state index contributed by atoms with van der Waals surface area (Å²) in [5.74, 6) is -2.57. The summed E-state index contributed by atoms with van der Waals surface area (Å²) >= 11 is 0. The van der Waals surface area contributed by atoms with Gasteiger partial charge in [-0.15, -0.1) is 6.58 Å². The molecule has 25 heavy (non-hydrogen) atoms. The van der Waals surface area contributed by atoms with E-state index in [2.05, 4.69) is 6.58 Å². The summed E-state index contributed by atoms with van der Waals surface area (Å²) in [5.41, 5.74) is 1.12. The number of rotatable bonds is 5. The van der Waals surface area contributed by atoms with Crippen molar-refractivity contribution in [1.29, 1.82) is 0 Å². The number of carboxylic acid groups (broad SMARTS) is 1. The van der Waals surface area contributed by atoms with Crippen LogP contribution in [-0.4, -0.2) is 39.6 Å². The van der Waals surface area contributed by atoms with Crippen molar-refractivity contribution in [2.45, 2.75) is 37.6 Å². The van der Waals surface area contributed by atoms with Gasteiger partial charge in [-0.25, -0.2) is 0 Å². The van der Waals surface area contributed by atoms with Crippen molar-refractivity contribution >= 4 is 11.9 Å². The highest BCUT2D eigenvalue weighted by molar-refractivity contribution is 5.91. The van der Waals surface area contributed by atoms with Crippen LogP contribution in [0.1, 0.15) is 18.9 Å². The second-order valence-corrected chi connectivity index (χ2v) is 7.27. The zero-order valence-electron chi connectivity index (χ0n) is 14.1. The summed E-state index contributed by atoms with van der Waals surface area (Å²) < 4.78 is 6.11. The van der Waals surface area contributed by atoms with Crippen LogP contribution in [-0.2, 0) is 20.9 Å². The van der Waals surface area contributed by atoms with Crippen molar-refractivity contribution in [1.82, 2.24) is 4.90 Å². The molecule has 5 heteroatoms. The zero-order chi connectivity index (χ0) is 17.8. The number of amides is 1. The SMILES string of the molecule is C=C(C)CC1N(Cc2ccccc2)C(=O)C2C(C(=O)O)C3C=CC21O3. The van der Waals surface area contributed by atoms with Gasteiger partial charge in [-0.3, -0.25) is 9.59 Å². The van der Waals surface area contributed by atoms with Gasteiger partial charge in [0, 0.05) is 6.54 Å². The molecular formula is C20H21NO4. The summed E-state index contributed by atoms with van der Waals surface area (Å²) in [7, 11) is 0. The molecule has 1 aromatic carbocycles. The Morgan fingerprint density at radius 3 is 2.72 bits per heavy atom. The lowest BCUT2D eigenvalue weighted by molar-refractivity contribution is -0.148. The maximum absolute atomic E-state index is 13.2. The maximum atomic E-state index is 13.2. The van der Waals surface area contributed by atoms with Crippen LogP contribution >= 0.6 is 0 Å². The van der Waals surface area contributed by atoms with Gasteiger partial charge in [-0.2, -0.15) is 0 Å². The fourth-order valence-electron chi connectivity index (χ4n) is 4.57. The van der Waals surface area contributed by atoms with Crippen LogP contribution in [0.2, 0.25) is 0 Å². The summed E-state index contributed by atoms with van der Waals surface area (Å²) in [5, 5.41) is 9.64. The van der Waals surface area contributed by atoms with Crippen molar-refractivity contribution < 1.29 is 19.4 Å². The van der Waals surface area contributed by atoms with Crippen molar-refractivity contribution in [2.75, 3.05) is 0 Å². The summed E-state index contributed by atoms with van der Waals surface area (Å²) in [4.78, 5) is 26.8. The molecule has 3 heterocycles. The highest BCUT2D eigenvalue weighted by Crippen LogP contribution is 2.56. The molecule has 1 spiro atoms. The van der Waals surface area contributed by atoms with Crippen molar-refractivity contribution in [3.8, 4) is 0 Å². The lowest BCUT2D eigenvalue weighted by atomic mass is 9.74. The first-order chi connectivity index (χ1) is 11.9. The van der Waals surface area contributed by atoms with E-state index in [0.717, 1.165) is 11.1 Å². The molecule has 0 saturated carbocycles. The number of fused-ring (bicyclic) bond motifs is 1. The van der Waals surface area contributed by atoms with Gasteiger partial charge in [0.2, 0.25) is 5.91 Å². The Bertz CT molecular complexity index is 771. The minimum Gasteiger partial charge on any atom is -0.481 e. The summed E-state index contributed by atoms with van der Waals surface area (Å²) in [6, 6.07) is 9.52. The van der Waals surface area contributed by atoms with Crippen molar-refractivity contribution in [2.24, 2.45) is 11.8 Å². The number of aliphatic carboxylic acids is 1. The Kier molecular flexibility index (Phi) is 3.58. The first-order valence-corrected chi connectivity index (χ1v) is 8.53. The number of hydrogen-bond donors (Lipinski definition) is 1. The Labute approximate surface area is 146 Å². The lowest BCUT2D eigenvalue weighted by Gasteiger charge is -2.33. The molecule has 0 radical (unpaired) electrons. The van der Waals surface area contributed by atoms with Gasteiger partial charge in [0.1, 0.15) is 11.5 Å². The predicted molar refractivity (Wildman–Crippen MR) is 91.6 cm³/mol. The fourth-order valence-corrected chi connectivity index (χ4v) is 4.57. The third-order valence-electron chi connectivity index (χ3n) is 5.55. The highest BCUT2D eigenvalue weighted by atomic mass is 16.5. The van der Waals surface area contributed by atoms with Crippen LogP contribution in [0.25, 0.3) is 0 Å². The van der Waals surface area contributed by atoms with E-state index in [1.165, 1.54) is 0 Å². The molecule has 3 aliphatic rings. The second kappa shape index (κ2) is 5.56. The molecule has 0 aliphatic carbocycles. The van der Waals surface area contributed by atoms with Gasteiger partial charge >= 0.3 is 5.97 Å². The first kappa shape index (κ1) is 16.1. The van der Waals surface area contributed by atoms with E-state index in [9.17, 15) is 14.7 Å². The molecule has 1 aromatic rings. The Morgan fingerprint density at radius 2 is 2.08 bits per heavy atom. The van der Waals surface area contributed by atoms with Gasteiger partial charge in [0.25, 0.3) is 0 Å². The minimum atomic E-state index is -0.967. The third-order valence-corrected chi connectivity index (χ3v) is 5.55. The number of likely N-dealkylation sites (tertiary alicyclic amines) is 1. The smallest absolute Gasteiger partial charge is 0.310 e. The predicted octanol–water partition coefficient (Wildman–Crippen LogP) is 2.39. The second-order valence-electron chi connectivity index (χ2n) is 7.27. The number of ether oxygens (including phenoxy) is 1. The summed E-state index contributed by atoms with van der Waals surface area (Å²) in [6.45, 7) is 6.37. The Balaban J connectivity index is 1.74. The average Bonchev–Trinajstić information content (AvgIpc) is 3.20. The molecule has 0 aromatic heterocycles. The van der Waals surface area contributed by atoms with Crippen LogP contribution in [0.3, 0.4) is 0 Å². The largest absolute Gasteiger partial charge is 0.481 e. The standard InChI is InChI=1S/C20H21NO4/c1-12(2)10-15-20-9-8-14(25-20)16(19(23)24)17(20)18(22)21(15)11-13-6-4-3-5-7-13/h3-9,14-17H,1,10-11H2,2H3,(H,23,24). The molecule has 4 rings (SSSR count). The van der Waals surface area contributed by atoms with Crippen LogP contribution in [0.5, 0.6) is 0 Å². The number of carboxylic acids is 1. The van der Waals surface area contributed by atoms with E-state index in [1.54, 1.807) is 11.0 Å². The number of carbonyl (C=O) groups excluding carboxylic acids is 1. The Morgan fingerprint density at radius 1 is 1.36 bits per heavy atom. The average molecular weight is 339 g/mol. The highest BCUT2D eigenvalue weighted by Gasteiger charge is 2.70. The molecular weight excluding hydrogens is 318 g/mol. The molecule has 2 saturated heterocycles. The first-order valence-electron chi connectivity index (χ1n) is 8.53. The molecule has 1 N–H and O–H groups in total. The van der Waals surface area contributed by atoms with Crippen LogP contribution < -0.4 is 0 Å². The topological polar surface area (TPSA) is 66.8 Å². The van der Waals surface area contributed by atoms with Gasteiger partial charge in [-0.1, -0.05) is 48.1 Å². The molecule has 130 valence electrons. The Hall–Kier alpha value is -2.40. The number of benzene rings is 1. The molecule has 1 amide bonds. The van der Waals surface area contributed by atoms with Gasteiger partial charge < -0.3 is 14.7 Å². The third kappa shape index (κ3) is 2.26. The van der Waals surface area contributed by atoms with Gasteiger partial charge in [-0.05, 0) is 18.9 Å². The van der Waals surface area contributed by atoms with E-state index in [-0.39, 0.29) is 11.9 Å². The molecule has 5 atom stereocenters. The van der Waals surface area contributed by atoms with E-state index in [0.29, 0.717) is 13.0 Å². The van der Waals surface area contributed by atoms with Gasteiger partial charge in [0.05, 0.1) is 18.1 Å². The van der Waals surface area contributed by atoms with E-state index < -0.39 is 29.5 Å². The quantitative estimate of drug-likeness (QED) is 0.837. The molecule has 3 aliphatic heterocycles. The number of hydrogen-bond acceptors (Lipinski definition) is 3. The van der Waals surface area contributed by atoms with Gasteiger partial charge in [0.15, 0.2) is 0 Å². The molecule has 2 bridgehead atoms. The molecule has 5 nitrogen and oxygen atoms in total. The zero-order valence-corrected chi connectivity index (χ0v) is 14.1. The maximum Gasteiger partial charge on any atom is 0.310 e. The molecule has 5 unspecified atom stereocenters. The van der Waals surface area contributed by atoms with Crippen LogP contribution in [0.15, 0.2) is 54.6 Å². The lowest BCUT2D eigenvalue weighted by Crippen LogP contribution is -2.45.